The van der Waals surface area contributed by atoms with Crippen molar-refractivity contribution in [3.05, 3.63) is 35.9 Å². The number of rotatable bonds is 4. The van der Waals surface area contributed by atoms with Crippen molar-refractivity contribution in [2.45, 2.75) is 12.3 Å². The van der Waals surface area contributed by atoms with Crippen LogP contribution in [-0.4, -0.2) is 22.8 Å². The van der Waals surface area contributed by atoms with Crippen LogP contribution < -0.4 is 0 Å². The number of carboxylic acids is 1. The number of aliphatic carboxylic acids is 1. The van der Waals surface area contributed by atoms with Crippen LogP contribution in [-0.2, 0) is 16.0 Å². The molecule has 5 heteroatoms. The molecule has 0 amide bonds. The maximum Gasteiger partial charge on any atom is 0.378 e. The summed E-state index contributed by atoms with van der Waals surface area (Å²) in [6.45, 7) is 0. The molecule has 0 aliphatic rings. The number of Topliss-reactive ketones (excluding diaryl/α,β-unsaturated/α-hetero) is 1. The predicted octanol–water partition coefficient (Wildman–Crippen LogP) is 1.52. The molecular weight excluding hydrogens is 206 g/mol. The average Bonchev–Trinajstić information content (AvgIpc) is 2.17. The first-order chi connectivity index (χ1) is 6.93. The molecular formula is C10H8F2O3. The number of carbonyl (C=O) groups is 2. The Morgan fingerprint density at radius 3 is 2.20 bits per heavy atom. The van der Waals surface area contributed by atoms with Crippen molar-refractivity contribution < 1.29 is 23.5 Å². The third-order valence-corrected chi connectivity index (χ3v) is 1.80. The van der Waals surface area contributed by atoms with Gasteiger partial charge in [0.05, 0.1) is 0 Å². The largest absolute Gasteiger partial charge is 0.475 e. The number of carbonyl (C=O) groups excluding carboxylic acids is 1. The maximum absolute atomic E-state index is 13.0. The summed E-state index contributed by atoms with van der Waals surface area (Å²) in [6, 6.07) is 7.53. The first-order valence-corrected chi connectivity index (χ1v) is 4.13. The van der Waals surface area contributed by atoms with Crippen molar-refractivity contribution in [3.63, 3.8) is 0 Å². The summed E-state index contributed by atoms with van der Waals surface area (Å²) in [5, 5.41) is 8.17. The summed E-state index contributed by atoms with van der Waals surface area (Å²) >= 11 is 0. The number of alkyl halides is 2. The van der Waals surface area contributed by atoms with Gasteiger partial charge in [-0.15, -0.1) is 0 Å². The van der Waals surface area contributed by atoms with Crippen LogP contribution in [0.15, 0.2) is 30.3 Å². The van der Waals surface area contributed by atoms with E-state index in [2.05, 4.69) is 0 Å². The molecule has 0 spiro atoms. The lowest BCUT2D eigenvalue weighted by Gasteiger charge is -2.11. The highest BCUT2D eigenvalue weighted by atomic mass is 19.3. The van der Waals surface area contributed by atoms with Gasteiger partial charge in [-0.3, -0.25) is 4.79 Å². The third kappa shape index (κ3) is 2.83. The van der Waals surface area contributed by atoms with Gasteiger partial charge in [-0.05, 0) is 5.56 Å². The van der Waals surface area contributed by atoms with E-state index >= 15 is 0 Å². The van der Waals surface area contributed by atoms with Gasteiger partial charge in [0.15, 0.2) is 0 Å². The van der Waals surface area contributed by atoms with Crippen LogP contribution in [0.5, 0.6) is 0 Å². The van der Waals surface area contributed by atoms with E-state index in [1.165, 1.54) is 24.3 Å². The zero-order chi connectivity index (χ0) is 11.5. The van der Waals surface area contributed by atoms with Gasteiger partial charge in [0.2, 0.25) is 0 Å². The summed E-state index contributed by atoms with van der Waals surface area (Å²) in [5.74, 6) is -8.05. The minimum Gasteiger partial charge on any atom is -0.475 e. The van der Waals surface area contributed by atoms with E-state index in [-0.39, 0.29) is 5.56 Å². The van der Waals surface area contributed by atoms with Crippen LogP contribution in [0.4, 0.5) is 8.78 Å². The molecule has 1 N–H and O–H groups in total. The van der Waals surface area contributed by atoms with E-state index in [4.69, 9.17) is 5.11 Å². The number of ketones is 1. The highest BCUT2D eigenvalue weighted by Gasteiger charge is 2.43. The molecule has 0 saturated heterocycles. The zero-order valence-corrected chi connectivity index (χ0v) is 7.61. The lowest BCUT2D eigenvalue weighted by Crippen LogP contribution is -2.36. The fourth-order valence-corrected chi connectivity index (χ4v) is 1.09. The van der Waals surface area contributed by atoms with Crippen LogP contribution >= 0.6 is 0 Å². The van der Waals surface area contributed by atoms with Crippen LogP contribution in [0.3, 0.4) is 0 Å². The Morgan fingerprint density at radius 1 is 1.20 bits per heavy atom. The number of benzene rings is 1. The molecule has 0 fully saturated rings. The Morgan fingerprint density at radius 2 is 1.73 bits per heavy atom. The number of halogens is 2. The quantitative estimate of drug-likeness (QED) is 0.773. The molecule has 0 saturated carbocycles. The average molecular weight is 214 g/mol. The van der Waals surface area contributed by atoms with Gasteiger partial charge in [0.25, 0.3) is 0 Å². The summed E-state index contributed by atoms with van der Waals surface area (Å²) in [4.78, 5) is 20.7. The number of hydrogen-bond donors (Lipinski definition) is 1. The van der Waals surface area contributed by atoms with Gasteiger partial charge in [0, 0.05) is 6.42 Å². The third-order valence-electron chi connectivity index (χ3n) is 1.80. The van der Waals surface area contributed by atoms with Crippen molar-refractivity contribution in [1.29, 1.82) is 0 Å². The van der Waals surface area contributed by atoms with Crippen molar-refractivity contribution in [3.8, 4) is 0 Å². The lowest BCUT2D eigenvalue weighted by atomic mass is 10.0. The summed E-state index contributed by atoms with van der Waals surface area (Å²) in [7, 11) is 0. The molecule has 3 nitrogen and oxygen atoms in total. The smallest absolute Gasteiger partial charge is 0.378 e. The van der Waals surface area contributed by atoms with E-state index in [9.17, 15) is 18.4 Å². The number of carboxylic acid groups (broad SMARTS) is 1. The van der Waals surface area contributed by atoms with Crippen molar-refractivity contribution in [2.24, 2.45) is 0 Å². The molecule has 1 aromatic rings. The standard InChI is InChI=1S/C10H8F2O3/c11-10(12,8(13)9(14)15)6-7-4-2-1-3-5-7/h1-5H,6H2,(H,14,15). The summed E-state index contributed by atoms with van der Waals surface area (Å²) < 4.78 is 26.0. The van der Waals surface area contributed by atoms with Crippen LogP contribution in [0.1, 0.15) is 5.56 Å². The molecule has 0 heterocycles. The van der Waals surface area contributed by atoms with Crippen molar-refractivity contribution >= 4 is 11.8 Å². The van der Waals surface area contributed by atoms with Gasteiger partial charge in [-0.2, -0.15) is 8.78 Å². The molecule has 0 aliphatic carbocycles. The van der Waals surface area contributed by atoms with Crippen LogP contribution in [0, 0.1) is 0 Å². The zero-order valence-electron chi connectivity index (χ0n) is 7.61. The Labute approximate surface area is 84.3 Å². The van der Waals surface area contributed by atoms with Crippen molar-refractivity contribution in [1.82, 2.24) is 0 Å². The topological polar surface area (TPSA) is 54.4 Å². The summed E-state index contributed by atoms with van der Waals surface area (Å²) in [5.41, 5.74) is 0.220. The Kier molecular flexibility index (Phi) is 3.14. The second kappa shape index (κ2) is 4.16. The van der Waals surface area contributed by atoms with E-state index < -0.39 is 24.1 Å². The van der Waals surface area contributed by atoms with Gasteiger partial charge < -0.3 is 5.11 Å². The second-order valence-corrected chi connectivity index (χ2v) is 3.00. The number of hydrogen-bond acceptors (Lipinski definition) is 2. The van der Waals surface area contributed by atoms with Gasteiger partial charge in [-0.25, -0.2) is 4.79 Å². The Balaban J connectivity index is 2.81. The predicted molar refractivity (Wildman–Crippen MR) is 47.7 cm³/mol. The second-order valence-electron chi connectivity index (χ2n) is 3.00. The lowest BCUT2D eigenvalue weighted by molar-refractivity contribution is -0.162. The highest BCUT2D eigenvalue weighted by Crippen LogP contribution is 2.21. The first-order valence-electron chi connectivity index (χ1n) is 4.13. The fourth-order valence-electron chi connectivity index (χ4n) is 1.09. The molecule has 0 aromatic heterocycles. The molecule has 80 valence electrons. The molecule has 15 heavy (non-hydrogen) atoms. The monoisotopic (exact) mass is 214 g/mol. The van der Waals surface area contributed by atoms with Gasteiger partial charge in [0.1, 0.15) is 0 Å². The normalized spacial score (nSPS) is 11.1. The first kappa shape index (κ1) is 11.3. The van der Waals surface area contributed by atoms with Gasteiger partial charge >= 0.3 is 17.7 Å². The molecule has 1 aromatic carbocycles. The van der Waals surface area contributed by atoms with Crippen molar-refractivity contribution in [2.75, 3.05) is 0 Å². The molecule has 1 rings (SSSR count). The molecule has 0 aliphatic heterocycles. The van der Waals surface area contributed by atoms with E-state index in [0.29, 0.717) is 0 Å². The fraction of sp³-hybridized carbons (Fsp3) is 0.200. The maximum atomic E-state index is 13.0. The van der Waals surface area contributed by atoms with E-state index in [1.807, 2.05) is 0 Å². The SMILES string of the molecule is O=C(O)C(=O)C(F)(F)Cc1ccccc1. The van der Waals surface area contributed by atoms with Crippen LogP contribution in [0.2, 0.25) is 0 Å². The molecule has 0 radical (unpaired) electrons. The van der Waals surface area contributed by atoms with E-state index in [1.54, 1.807) is 6.07 Å². The van der Waals surface area contributed by atoms with Gasteiger partial charge in [-0.1, -0.05) is 30.3 Å². The minimum atomic E-state index is -3.85. The summed E-state index contributed by atoms with van der Waals surface area (Å²) in [6.07, 6.45) is -0.890. The molecule has 0 unspecified atom stereocenters. The Bertz CT molecular complexity index is 374. The van der Waals surface area contributed by atoms with E-state index in [0.717, 1.165) is 0 Å². The highest BCUT2D eigenvalue weighted by molar-refractivity contribution is 6.35. The molecule has 0 bridgehead atoms. The Hall–Kier alpha value is -1.78. The molecule has 0 atom stereocenters. The van der Waals surface area contributed by atoms with Crippen LogP contribution in [0.25, 0.3) is 0 Å². The minimum absolute atomic E-state index is 0.220.